The van der Waals surface area contributed by atoms with Crippen molar-refractivity contribution in [1.29, 1.82) is 0 Å². The van der Waals surface area contributed by atoms with Crippen LogP contribution in [0, 0.1) is 0 Å². The van der Waals surface area contributed by atoms with Gasteiger partial charge in [-0.05, 0) is 6.26 Å². The van der Waals surface area contributed by atoms with Crippen LogP contribution in [0.1, 0.15) is 12.5 Å². The quantitative estimate of drug-likeness (QED) is 0.598. The van der Waals surface area contributed by atoms with Crippen molar-refractivity contribution in [2.24, 2.45) is 0 Å². The van der Waals surface area contributed by atoms with Gasteiger partial charge in [0.2, 0.25) is 5.91 Å². The molecule has 0 aromatic carbocycles. The molecule has 0 saturated heterocycles. The zero-order valence-corrected chi connectivity index (χ0v) is 9.67. The summed E-state index contributed by atoms with van der Waals surface area (Å²) in [5.41, 5.74) is 0.389. The van der Waals surface area contributed by atoms with Crippen molar-refractivity contribution >= 4 is 29.5 Å². The van der Waals surface area contributed by atoms with Crippen molar-refractivity contribution in [2.45, 2.75) is 18.5 Å². The van der Waals surface area contributed by atoms with E-state index in [-0.39, 0.29) is 18.1 Å². The van der Waals surface area contributed by atoms with E-state index in [0.29, 0.717) is 10.7 Å². The SMILES string of the molecule is CSc1ncc(CC(=O)O)c(NC(C)=O)n1. The Kier molecular flexibility index (Phi) is 4.24. The summed E-state index contributed by atoms with van der Waals surface area (Å²) in [6, 6.07) is 0. The van der Waals surface area contributed by atoms with Gasteiger partial charge >= 0.3 is 5.97 Å². The maximum Gasteiger partial charge on any atom is 0.308 e. The van der Waals surface area contributed by atoms with Gasteiger partial charge in [0.15, 0.2) is 5.16 Å². The van der Waals surface area contributed by atoms with E-state index in [2.05, 4.69) is 15.3 Å². The largest absolute Gasteiger partial charge is 0.481 e. The predicted octanol–water partition coefficient (Wildman–Crippen LogP) is 0.784. The van der Waals surface area contributed by atoms with Crippen molar-refractivity contribution in [2.75, 3.05) is 11.6 Å². The normalized spacial score (nSPS) is 9.88. The molecule has 0 unspecified atom stereocenters. The van der Waals surface area contributed by atoms with Crippen LogP contribution in [-0.4, -0.2) is 33.2 Å². The van der Waals surface area contributed by atoms with Gasteiger partial charge in [-0.3, -0.25) is 9.59 Å². The van der Waals surface area contributed by atoms with Crippen LogP contribution in [-0.2, 0) is 16.0 Å². The number of rotatable bonds is 4. The van der Waals surface area contributed by atoms with Gasteiger partial charge in [0.25, 0.3) is 0 Å². The van der Waals surface area contributed by atoms with E-state index in [1.807, 2.05) is 0 Å². The van der Waals surface area contributed by atoms with Crippen molar-refractivity contribution < 1.29 is 14.7 Å². The van der Waals surface area contributed by atoms with Crippen LogP contribution in [0.3, 0.4) is 0 Å². The van der Waals surface area contributed by atoms with E-state index in [9.17, 15) is 9.59 Å². The van der Waals surface area contributed by atoms with Crippen LogP contribution in [0.2, 0.25) is 0 Å². The van der Waals surface area contributed by atoms with E-state index in [4.69, 9.17) is 5.11 Å². The van der Waals surface area contributed by atoms with Gasteiger partial charge < -0.3 is 10.4 Å². The molecule has 0 radical (unpaired) electrons. The number of anilines is 1. The number of aliphatic carboxylic acids is 1. The van der Waals surface area contributed by atoms with Gasteiger partial charge in [-0.1, -0.05) is 11.8 Å². The lowest BCUT2D eigenvalue weighted by Crippen LogP contribution is -2.13. The van der Waals surface area contributed by atoms with E-state index >= 15 is 0 Å². The summed E-state index contributed by atoms with van der Waals surface area (Å²) < 4.78 is 0. The van der Waals surface area contributed by atoms with E-state index < -0.39 is 5.97 Å². The predicted molar refractivity (Wildman–Crippen MR) is 59.5 cm³/mol. The van der Waals surface area contributed by atoms with Gasteiger partial charge in [-0.2, -0.15) is 0 Å². The van der Waals surface area contributed by atoms with Crippen molar-refractivity contribution in [3.8, 4) is 0 Å². The average molecular weight is 241 g/mol. The second kappa shape index (κ2) is 5.45. The summed E-state index contributed by atoms with van der Waals surface area (Å²) in [4.78, 5) is 29.5. The number of carbonyl (C=O) groups excluding carboxylic acids is 1. The fraction of sp³-hybridized carbons (Fsp3) is 0.333. The van der Waals surface area contributed by atoms with Gasteiger partial charge in [0.05, 0.1) is 6.42 Å². The zero-order chi connectivity index (χ0) is 12.1. The molecule has 0 bridgehead atoms. The minimum Gasteiger partial charge on any atom is -0.481 e. The third kappa shape index (κ3) is 3.50. The number of amides is 1. The Balaban J connectivity index is 3.05. The number of thioether (sulfide) groups is 1. The molecule has 1 amide bonds. The first-order valence-corrected chi connectivity index (χ1v) is 5.64. The Bertz CT molecular complexity index is 422. The minimum absolute atomic E-state index is 0.218. The maximum absolute atomic E-state index is 10.9. The first kappa shape index (κ1) is 12.4. The molecule has 1 aromatic heterocycles. The second-order valence-electron chi connectivity index (χ2n) is 2.98. The number of nitrogens with one attached hydrogen (secondary N) is 1. The molecule has 0 saturated carbocycles. The second-order valence-corrected chi connectivity index (χ2v) is 3.76. The Morgan fingerprint density at radius 3 is 2.75 bits per heavy atom. The minimum atomic E-state index is -0.993. The fourth-order valence-corrected chi connectivity index (χ4v) is 1.40. The molecule has 0 aliphatic rings. The van der Waals surface area contributed by atoms with Crippen LogP contribution in [0.5, 0.6) is 0 Å². The highest BCUT2D eigenvalue weighted by atomic mass is 32.2. The summed E-state index contributed by atoms with van der Waals surface area (Å²) in [5, 5.41) is 11.6. The highest BCUT2D eigenvalue weighted by Gasteiger charge is 2.11. The molecule has 0 aliphatic heterocycles. The summed E-state index contributed by atoms with van der Waals surface area (Å²) in [6.07, 6.45) is 2.99. The zero-order valence-electron chi connectivity index (χ0n) is 8.85. The van der Waals surface area contributed by atoms with Crippen molar-refractivity contribution in [1.82, 2.24) is 9.97 Å². The number of hydrogen-bond donors (Lipinski definition) is 2. The van der Waals surface area contributed by atoms with E-state index in [1.54, 1.807) is 6.26 Å². The van der Waals surface area contributed by atoms with Gasteiger partial charge in [-0.15, -0.1) is 0 Å². The van der Waals surface area contributed by atoms with Crippen LogP contribution in [0.15, 0.2) is 11.4 Å². The fourth-order valence-electron chi connectivity index (χ4n) is 1.06. The molecule has 0 atom stereocenters. The molecule has 1 aromatic rings. The van der Waals surface area contributed by atoms with Crippen molar-refractivity contribution in [3.05, 3.63) is 11.8 Å². The first-order chi connectivity index (χ1) is 7.52. The Morgan fingerprint density at radius 1 is 1.56 bits per heavy atom. The summed E-state index contributed by atoms with van der Waals surface area (Å²) in [5.74, 6) is -1.03. The molecule has 1 heterocycles. The number of nitrogens with zero attached hydrogens (tertiary/aromatic N) is 2. The third-order valence-corrected chi connectivity index (χ3v) is 2.22. The summed E-state index contributed by atoms with van der Waals surface area (Å²) in [7, 11) is 0. The average Bonchev–Trinajstić information content (AvgIpc) is 2.19. The lowest BCUT2D eigenvalue weighted by molar-refractivity contribution is -0.136. The number of aromatic nitrogens is 2. The molecule has 0 spiro atoms. The molecule has 2 N–H and O–H groups in total. The third-order valence-electron chi connectivity index (χ3n) is 1.66. The molecule has 7 heteroatoms. The molecular weight excluding hydrogens is 230 g/mol. The lowest BCUT2D eigenvalue weighted by atomic mass is 10.2. The number of carboxylic acid groups (broad SMARTS) is 1. The smallest absolute Gasteiger partial charge is 0.308 e. The summed E-state index contributed by atoms with van der Waals surface area (Å²) >= 11 is 1.32. The Hall–Kier alpha value is -1.63. The standard InChI is InChI=1S/C9H11N3O3S/c1-5(13)11-8-6(3-7(14)15)4-10-9(12-8)16-2/h4H,3H2,1-2H3,(H,14,15)(H,10,11,12,13). The Morgan fingerprint density at radius 2 is 2.25 bits per heavy atom. The topological polar surface area (TPSA) is 92.2 Å². The van der Waals surface area contributed by atoms with Gasteiger partial charge in [0, 0.05) is 18.7 Å². The first-order valence-electron chi connectivity index (χ1n) is 4.42. The van der Waals surface area contributed by atoms with Gasteiger partial charge in [0.1, 0.15) is 5.82 Å². The van der Waals surface area contributed by atoms with Gasteiger partial charge in [-0.25, -0.2) is 9.97 Å². The Labute approximate surface area is 96.5 Å². The van der Waals surface area contributed by atoms with Crippen LogP contribution in [0.25, 0.3) is 0 Å². The highest BCUT2D eigenvalue weighted by Crippen LogP contribution is 2.17. The number of hydrogen-bond acceptors (Lipinski definition) is 5. The maximum atomic E-state index is 10.9. The summed E-state index contributed by atoms with van der Waals surface area (Å²) in [6.45, 7) is 1.34. The van der Waals surface area contributed by atoms with Crippen LogP contribution in [0.4, 0.5) is 5.82 Å². The molecule has 86 valence electrons. The molecular formula is C9H11N3O3S. The molecule has 6 nitrogen and oxygen atoms in total. The molecule has 16 heavy (non-hydrogen) atoms. The molecule has 0 fully saturated rings. The number of carboxylic acids is 1. The lowest BCUT2D eigenvalue weighted by Gasteiger charge is -2.07. The number of carbonyl (C=O) groups is 2. The van der Waals surface area contributed by atoms with E-state index in [0.717, 1.165) is 0 Å². The molecule has 0 aliphatic carbocycles. The van der Waals surface area contributed by atoms with Crippen LogP contribution < -0.4 is 5.32 Å². The highest BCUT2D eigenvalue weighted by molar-refractivity contribution is 7.98. The monoisotopic (exact) mass is 241 g/mol. The van der Waals surface area contributed by atoms with Crippen molar-refractivity contribution in [3.63, 3.8) is 0 Å². The molecule has 1 rings (SSSR count). The van der Waals surface area contributed by atoms with E-state index in [1.165, 1.54) is 24.9 Å². The van der Waals surface area contributed by atoms with Crippen LogP contribution >= 0.6 is 11.8 Å².